The zero-order valence-electron chi connectivity index (χ0n) is 11.5. The molecule has 16 heavy (non-hydrogen) atoms. The van der Waals surface area contributed by atoms with Crippen LogP contribution in [0.5, 0.6) is 0 Å². The Morgan fingerprint density at radius 3 is 2.31 bits per heavy atom. The number of nitrogens with one attached hydrogen (secondary N) is 1. The topological polar surface area (TPSA) is 55.1 Å². The second kappa shape index (κ2) is 6.89. The lowest BCUT2D eigenvalue weighted by molar-refractivity contribution is -0.121. The van der Waals surface area contributed by atoms with E-state index in [1.165, 1.54) is 0 Å². The molecule has 0 aliphatic heterocycles. The normalized spacial score (nSPS) is 15.6. The van der Waals surface area contributed by atoms with Crippen LogP contribution in [0.1, 0.15) is 47.5 Å². The van der Waals surface area contributed by atoms with Crippen LogP contribution in [0, 0.1) is 17.3 Å². The third-order valence-electron chi connectivity index (χ3n) is 3.35. The SMILES string of the molecule is CC(CN)CCC(=O)NCC(C)C(C)(C)C. The lowest BCUT2D eigenvalue weighted by Crippen LogP contribution is -2.33. The van der Waals surface area contributed by atoms with Crippen molar-refractivity contribution in [3.05, 3.63) is 0 Å². The van der Waals surface area contributed by atoms with Gasteiger partial charge in [0.05, 0.1) is 0 Å². The number of carbonyl (C=O) groups is 1. The largest absolute Gasteiger partial charge is 0.356 e. The summed E-state index contributed by atoms with van der Waals surface area (Å²) in [5.41, 5.74) is 5.75. The summed E-state index contributed by atoms with van der Waals surface area (Å²) in [6, 6.07) is 0. The van der Waals surface area contributed by atoms with Crippen molar-refractivity contribution < 1.29 is 4.79 Å². The van der Waals surface area contributed by atoms with E-state index >= 15 is 0 Å². The molecule has 0 rings (SSSR count). The quantitative estimate of drug-likeness (QED) is 0.732. The predicted molar refractivity (Wildman–Crippen MR) is 69.1 cm³/mol. The molecule has 0 heterocycles. The molecule has 2 unspecified atom stereocenters. The molecule has 3 nitrogen and oxygen atoms in total. The molecule has 0 radical (unpaired) electrons. The Morgan fingerprint density at radius 2 is 1.88 bits per heavy atom. The van der Waals surface area contributed by atoms with E-state index in [1.54, 1.807) is 0 Å². The number of hydrogen-bond acceptors (Lipinski definition) is 2. The van der Waals surface area contributed by atoms with Gasteiger partial charge in [0, 0.05) is 13.0 Å². The summed E-state index contributed by atoms with van der Waals surface area (Å²) < 4.78 is 0. The van der Waals surface area contributed by atoms with Crippen LogP contribution in [0.2, 0.25) is 0 Å². The summed E-state index contributed by atoms with van der Waals surface area (Å²) >= 11 is 0. The van der Waals surface area contributed by atoms with Gasteiger partial charge in [-0.3, -0.25) is 4.79 Å². The van der Waals surface area contributed by atoms with Crippen molar-refractivity contribution in [1.29, 1.82) is 0 Å². The van der Waals surface area contributed by atoms with E-state index in [9.17, 15) is 4.79 Å². The fourth-order valence-corrected chi connectivity index (χ4v) is 1.16. The third kappa shape index (κ3) is 6.83. The Morgan fingerprint density at radius 1 is 1.31 bits per heavy atom. The van der Waals surface area contributed by atoms with Gasteiger partial charge in [0.25, 0.3) is 0 Å². The van der Waals surface area contributed by atoms with E-state index in [4.69, 9.17) is 5.73 Å². The fraction of sp³-hybridized carbons (Fsp3) is 0.923. The summed E-state index contributed by atoms with van der Waals surface area (Å²) in [6.07, 6.45) is 1.47. The molecule has 3 N–H and O–H groups in total. The first-order valence-corrected chi connectivity index (χ1v) is 6.24. The van der Waals surface area contributed by atoms with Crippen LogP contribution in [0.4, 0.5) is 0 Å². The molecular formula is C13H28N2O. The fourth-order valence-electron chi connectivity index (χ4n) is 1.16. The first-order chi connectivity index (χ1) is 7.27. The maximum atomic E-state index is 11.5. The maximum absolute atomic E-state index is 11.5. The molecule has 0 aromatic heterocycles. The highest BCUT2D eigenvalue weighted by atomic mass is 16.1. The molecule has 0 aromatic carbocycles. The van der Waals surface area contributed by atoms with E-state index in [2.05, 4.69) is 39.9 Å². The van der Waals surface area contributed by atoms with Gasteiger partial charge in [0.1, 0.15) is 0 Å². The van der Waals surface area contributed by atoms with E-state index < -0.39 is 0 Å². The number of hydrogen-bond donors (Lipinski definition) is 2. The highest BCUT2D eigenvalue weighted by molar-refractivity contribution is 5.75. The van der Waals surface area contributed by atoms with Gasteiger partial charge in [-0.2, -0.15) is 0 Å². The monoisotopic (exact) mass is 228 g/mol. The van der Waals surface area contributed by atoms with Crippen molar-refractivity contribution in [2.24, 2.45) is 23.0 Å². The summed E-state index contributed by atoms with van der Waals surface area (Å²) in [5.74, 6) is 1.07. The van der Waals surface area contributed by atoms with E-state index in [0.717, 1.165) is 13.0 Å². The number of amides is 1. The van der Waals surface area contributed by atoms with Crippen LogP contribution in [-0.2, 0) is 4.79 Å². The molecule has 96 valence electrons. The highest BCUT2D eigenvalue weighted by Gasteiger charge is 2.20. The van der Waals surface area contributed by atoms with Crippen molar-refractivity contribution in [2.45, 2.75) is 47.5 Å². The van der Waals surface area contributed by atoms with E-state index in [0.29, 0.717) is 24.8 Å². The van der Waals surface area contributed by atoms with Crippen LogP contribution >= 0.6 is 0 Å². The molecule has 0 spiro atoms. The van der Waals surface area contributed by atoms with E-state index in [1.807, 2.05) is 0 Å². The second-order valence-corrected chi connectivity index (χ2v) is 5.95. The van der Waals surface area contributed by atoms with Crippen LogP contribution in [-0.4, -0.2) is 19.0 Å². The summed E-state index contributed by atoms with van der Waals surface area (Å²) in [7, 11) is 0. The first-order valence-electron chi connectivity index (χ1n) is 6.24. The Hall–Kier alpha value is -0.570. The molecule has 0 bridgehead atoms. The van der Waals surface area contributed by atoms with Crippen molar-refractivity contribution in [2.75, 3.05) is 13.1 Å². The molecular weight excluding hydrogens is 200 g/mol. The average molecular weight is 228 g/mol. The minimum atomic E-state index is 0.149. The van der Waals surface area contributed by atoms with Gasteiger partial charge < -0.3 is 11.1 Å². The van der Waals surface area contributed by atoms with Crippen molar-refractivity contribution >= 4 is 5.91 Å². The van der Waals surface area contributed by atoms with E-state index in [-0.39, 0.29) is 11.3 Å². The van der Waals surface area contributed by atoms with Crippen molar-refractivity contribution in [1.82, 2.24) is 5.32 Å². The Labute approximate surface area is 100 Å². The predicted octanol–water partition coefficient (Wildman–Crippen LogP) is 2.16. The van der Waals surface area contributed by atoms with Gasteiger partial charge in [0.2, 0.25) is 5.91 Å². The van der Waals surface area contributed by atoms with Crippen molar-refractivity contribution in [3.8, 4) is 0 Å². The Balaban J connectivity index is 3.74. The van der Waals surface area contributed by atoms with Gasteiger partial charge in [-0.05, 0) is 30.2 Å². The number of nitrogens with two attached hydrogens (primary N) is 1. The smallest absolute Gasteiger partial charge is 0.220 e. The van der Waals surface area contributed by atoms with Gasteiger partial charge in [-0.1, -0.05) is 34.6 Å². The third-order valence-corrected chi connectivity index (χ3v) is 3.35. The molecule has 0 saturated carbocycles. The molecule has 3 heteroatoms. The van der Waals surface area contributed by atoms with Crippen LogP contribution < -0.4 is 11.1 Å². The van der Waals surface area contributed by atoms with Crippen LogP contribution in [0.15, 0.2) is 0 Å². The summed E-state index contributed by atoms with van der Waals surface area (Å²) in [6.45, 7) is 12.2. The summed E-state index contributed by atoms with van der Waals surface area (Å²) in [5, 5.41) is 2.99. The Kier molecular flexibility index (Phi) is 6.65. The molecule has 2 atom stereocenters. The van der Waals surface area contributed by atoms with Crippen LogP contribution in [0.25, 0.3) is 0 Å². The van der Waals surface area contributed by atoms with Gasteiger partial charge >= 0.3 is 0 Å². The molecule has 0 aromatic rings. The zero-order chi connectivity index (χ0) is 12.8. The minimum absolute atomic E-state index is 0.149. The molecule has 1 amide bonds. The molecule has 0 fully saturated rings. The van der Waals surface area contributed by atoms with Crippen LogP contribution in [0.3, 0.4) is 0 Å². The number of rotatable bonds is 6. The molecule has 0 aliphatic rings. The minimum Gasteiger partial charge on any atom is -0.356 e. The Bertz CT molecular complexity index is 208. The second-order valence-electron chi connectivity index (χ2n) is 5.95. The molecule has 0 saturated heterocycles. The lowest BCUT2D eigenvalue weighted by atomic mass is 9.82. The highest BCUT2D eigenvalue weighted by Crippen LogP contribution is 2.24. The van der Waals surface area contributed by atoms with Crippen molar-refractivity contribution in [3.63, 3.8) is 0 Å². The number of carbonyl (C=O) groups excluding carboxylic acids is 1. The standard InChI is InChI=1S/C13H28N2O/c1-10(8-14)6-7-12(16)15-9-11(2)13(3,4)5/h10-11H,6-9,14H2,1-5H3,(H,15,16). The zero-order valence-corrected chi connectivity index (χ0v) is 11.5. The van der Waals surface area contributed by atoms with Gasteiger partial charge in [-0.25, -0.2) is 0 Å². The average Bonchev–Trinajstić information content (AvgIpc) is 2.20. The lowest BCUT2D eigenvalue weighted by Gasteiger charge is -2.27. The molecule has 0 aliphatic carbocycles. The summed E-state index contributed by atoms with van der Waals surface area (Å²) in [4.78, 5) is 11.5. The van der Waals surface area contributed by atoms with Gasteiger partial charge in [0.15, 0.2) is 0 Å². The first kappa shape index (κ1) is 15.4. The maximum Gasteiger partial charge on any atom is 0.220 e. The van der Waals surface area contributed by atoms with Gasteiger partial charge in [-0.15, -0.1) is 0 Å².